The Morgan fingerprint density at radius 3 is 2.80 bits per heavy atom. The molecule has 0 atom stereocenters. The van der Waals surface area contributed by atoms with Crippen molar-refractivity contribution in [3.63, 3.8) is 0 Å². The number of halogens is 1. The Kier molecular flexibility index (Phi) is 5.91. The Balaban J connectivity index is 2.48. The van der Waals surface area contributed by atoms with Crippen LogP contribution in [0.1, 0.15) is 15.9 Å². The minimum Gasteiger partial charge on any atom is -0.494 e. The van der Waals surface area contributed by atoms with Gasteiger partial charge in [0.25, 0.3) is 5.91 Å². The van der Waals surface area contributed by atoms with Crippen molar-refractivity contribution >= 4 is 34.7 Å². The van der Waals surface area contributed by atoms with Gasteiger partial charge < -0.3 is 26.5 Å². The molecule has 0 aliphatic rings. The van der Waals surface area contributed by atoms with Crippen LogP contribution < -0.4 is 21.1 Å². The van der Waals surface area contributed by atoms with Gasteiger partial charge in [0.1, 0.15) is 11.4 Å². The number of allylic oxidation sites excluding steroid dienone is 1. The second-order valence-electron chi connectivity index (χ2n) is 4.81. The molecule has 0 saturated carbocycles. The fraction of sp³-hybridized carbons (Fsp3) is 0.125. The number of carbonyl (C=O) groups excluding carboxylic acids is 1. The van der Waals surface area contributed by atoms with E-state index in [0.717, 1.165) is 0 Å². The summed E-state index contributed by atoms with van der Waals surface area (Å²) < 4.78 is 5.43. The molecule has 0 aliphatic heterocycles. The number of methoxy groups -OCH3 is 1. The number of nitrogens with one attached hydrogen (secondary N) is 3. The number of hydrogen-bond donors (Lipinski definition) is 4. The summed E-state index contributed by atoms with van der Waals surface area (Å²) in [6.07, 6.45) is 4.48. The zero-order chi connectivity index (χ0) is 18.4. The molecule has 0 bridgehead atoms. The Hall–Kier alpha value is -3.13. The third-order valence-electron chi connectivity index (χ3n) is 3.20. The zero-order valence-corrected chi connectivity index (χ0v) is 14.4. The number of hydrogen-bond acceptors (Lipinski definition) is 7. The van der Waals surface area contributed by atoms with Crippen molar-refractivity contribution in [2.75, 3.05) is 19.5 Å². The highest BCUT2D eigenvalue weighted by molar-refractivity contribution is 6.28. The Bertz CT molecular complexity index is 837. The first-order chi connectivity index (χ1) is 12.0. The molecular weight excluding hydrogens is 344 g/mol. The van der Waals surface area contributed by atoms with E-state index in [4.69, 9.17) is 27.5 Å². The maximum atomic E-state index is 11.5. The van der Waals surface area contributed by atoms with Crippen LogP contribution in [-0.2, 0) is 0 Å². The maximum absolute atomic E-state index is 11.5. The Morgan fingerprint density at radius 2 is 2.16 bits per heavy atom. The van der Waals surface area contributed by atoms with Crippen molar-refractivity contribution in [3.8, 4) is 5.75 Å². The molecule has 0 spiro atoms. The molecule has 0 unspecified atom stereocenters. The van der Waals surface area contributed by atoms with Crippen LogP contribution in [0.25, 0.3) is 0 Å². The first kappa shape index (κ1) is 18.2. The van der Waals surface area contributed by atoms with Crippen molar-refractivity contribution in [1.29, 1.82) is 5.41 Å². The van der Waals surface area contributed by atoms with Gasteiger partial charge in [0.2, 0.25) is 5.28 Å². The Morgan fingerprint density at radius 1 is 1.40 bits per heavy atom. The second kappa shape index (κ2) is 8.11. The van der Waals surface area contributed by atoms with Crippen molar-refractivity contribution in [3.05, 3.63) is 53.1 Å². The third kappa shape index (κ3) is 4.24. The quantitative estimate of drug-likeness (QED) is 0.442. The first-order valence-electron chi connectivity index (χ1n) is 7.17. The fourth-order valence-corrected chi connectivity index (χ4v) is 2.22. The van der Waals surface area contributed by atoms with Gasteiger partial charge in [-0.25, -0.2) is 4.98 Å². The second-order valence-corrected chi connectivity index (χ2v) is 5.15. The van der Waals surface area contributed by atoms with Crippen molar-refractivity contribution < 1.29 is 9.53 Å². The molecule has 9 heteroatoms. The summed E-state index contributed by atoms with van der Waals surface area (Å²) in [4.78, 5) is 19.3. The molecule has 25 heavy (non-hydrogen) atoms. The van der Waals surface area contributed by atoms with Gasteiger partial charge in [-0.15, -0.1) is 0 Å². The van der Waals surface area contributed by atoms with E-state index >= 15 is 0 Å². The number of para-hydroxylation sites is 1. The number of ether oxygens (including phenoxy) is 1. The smallest absolute Gasteiger partial charge is 0.254 e. The zero-order valence-electron chi connectivity index (χ0n) is 13.6. The Labute approximate surface area is 149 Å². The number of primary amides is 1. The highest BCUT2D eigenvalue weighted by atomic mass is 35.5. The van der Waals surface area contributed by atoms with Crippen LogP contribution in [-0.4, -0.2) is 35.7 Å². The van der Waals surface area contributed by atoms with Gasteiger partial charge in [-0.3, -0.25) is 4.79 Å². The summed E-state index contributed by atoms with van der Waals surface area (Å²) in [6, 6.07) is 5.21. The highest BCUT2D eigenvalue weighted by Crippen LogP contribution is 2.32. The van der Waals surface area contributed by atoms with Gasteiger partial charge >= 0.3 is 0 Å². The predicted octanol–water partition coefficient (Wildman–Crippen LogP) is 2.08. The molecule has 0 aliphatic carbocycles. The molecule has 5 N–H and O–H groups in total. The summed E-state index contributed by atoms with van der Waals surface area (Å²) in [5.41, 5.74) is 6.72. The molecule has 130 valence electrons. The number of anilines is 2. The monoisotopic (exact) mass is 360 g/mol. The van der Waals surface area contributed by atoms with Gasteiger partial charge in [0.05, 0.1) is 18.5 Å². The molecule has 1 aromatic carbocycles. The van der Waals surface area contributed by atoms with E-state index in [9.17, 15) is 4.79 Å². The molecule has 1 aromatic heterocycles. The largest absolute Gasteiger partial charge is 0.494 e. The van der Waals surface area contributed by atoms with Gasteiger partial charge in [0, 0.05) is 18.8 Å². The number of aromatic nitrogens is 2. The number of rotatable bonds is 7. The highest BCUT2D eigenvalue weighted by Gasteiger charge is 2.16. The molecule has 8 nitrogen and oxygen atoms in total. The molecule has 0 fully saturated rings. The van der Waals surface area contributed by atoms with E-state index in [2.05, 4.69) is 20.6 Å². The van der Waals surface area contributed by atoms with E-state index in [1.165, 1.54) is 13.3 Å². The van der Waals surface area contributed by atoms with Crippen LogP contribution in [0.15, 0.2) is 36.7 Å². The van der Waals surface area contributed by atoms with E-state index in [1.54, 1.807) is 37.5 Å². The molecule has 1 heterocycles. The average Bonchev–Trinajstić information content (AvgIpc) is 2.59. The molecule has 2 rings (SSSR count). The maximum Gasteiger partial charge on any atom is 0.254 e. The standard InChI is InChI=1S/C16H17ClN6O2/c1-20-7-6-11(18)9-4-3-5-12(13(9)25-2)22-15-10(14(19)24)8-21-16(17)23-15/h3-8,18,20H,1-2H3,(H2,19,24)(H,21,22,23)/b7-6-,18-11?. The molecule has 2 aromatic rings. The van der Waals surface area contributed by atoms with E-state index in [0.29, 0.717) is 17.0 Å². The molecule has 0 saturated heterocycles. The van der Waals surface area contributed by atoms with Crippen molar-refractivity contribution in [2.24, 2.45) is 5.73 Å². The predicted molar refractivity (Wildman–Crippen MR) is 96.9 cm³/mol. The fourth-order valence-electron chi connectivity index (χ4n) is 2.09. The van der Waals surface area contributed by atoms with Crippen LogP contribution in [0.5, 0.6) is 5.75 Å². The summed E-state index contributed by atoms with van der Waals surface area (Å²) in [5.74, 6) is -0.127. The minimum atomic E-state index is -0.695. The van der Waals surface area contributed by atoms with Crippen molar-refractivity contribution in [2.45, 2.75) is 0 Å². The topological polar surface area (TPSA) is 126 Å². The lowest BCUT2D eigenvalue weighted by Gasteiger charge is -2.15. The first-order valence-corrected chi connectivity index (χ1v) is 7.54. The number of carbonyl (C=O) groups is 1. The number of nitrogens with zero attached hydrogens (tertiary/aromatic N) is 2. The molecule has 0 radical (unpaired) electrons. The van der Waals surface area contributed by atoms with E-state index in [1.807, 2.05) is 0 Å². The van der Waals surface area contributed by atoms with Gasteiger partial charge in [-0.1, -0.05) is 6.07 Å². The summed E-state index contributed by atoms with van der Waals surface area (Å²) in [7, 11) is 3.23. The SMILES string of the molecule is CN/C=C\C(=N)c1cccc(Nc2nc(Cl)ncc2C(N)=O)c1OC. The van der Waals surface area contributed by atoms with E-state index in [-0.39, 0.29) is 22.4 Å². The minimum absolute atomic E-state index is 0.0349. The number of benzene rings is 1. The van der Waals surface area contributed by atoms with Gasteiger partial charge in [-0.2, -0.15) is 4.98 Å². The summed E-state index contributed by atoms with van der Waals surface area (Å²) in [6.45, 7) is 0. The van der Waals surface area contributed by atoms with Crippen LogP contribution in [0.4, 0.5) is 11.5 Å². The normalized spacial score (nSPS) is 10.5. The van der Waals surface area contributed by atoms with Gasteiger partial charge in [-0.05, 0) is 36.0 Å². The number of nitrogens with two attached hydrogens (primary N) is 1. The van der Waals surface area contributed by atoms with Crippen LogP contribution in [0.2, 0.25) is 5.28 Å². The lowest BCUT2D eigenvalue weighted by molar-refractivity contribution is 0.100. The number of amides is 1. The lowest BCUT2D eigenvalue weighted by Crippen LogP contribution is -2.15. The lowest BCUT2D eigenvalue weighted by atomic mass is 10.1. The van der Waals surface area contributed by atoms with Crippen LogP contribution >= 0.6 is 11.6 Å². The van der Waals surface area contributed by atoms with Crippen LogP contribution in [0, 0.1) is 5.41 Å². The summed E-state index contributed by atoms with van der Waals surface area (Å²) >= 11 is 5.80. The summed E-state index contributed by atoms with van der Waals surface area (Å²) in [5, 5.41) is 13.9. The van der Waals surface area contributed by atoms with E-state index < -0.39 is 5.91 Å². The van der Waals surface area contributed by atoms with Crippen molar-refractivity contribution in [1.82, 2.24) is 15.3 Å². The third-order valence-corrected chi connectivity index (χ3v) is 3.39. The molecule has 1 amide bonds. The average molecular weight is 361 g/mol. The van der Waals surface area contributed by atoms with Crippen LogP contribution in [0.3, 0.4) is 0 Å². The molecular formula is C16H17ClN6O2. The van der Waals surface area contributed by atoms with Gasteiger partial charge in [0.15, 0.2) is 5.75 Å².